The van der Waals surface area contributed by atoms with Gasteiger partial charge in [-0.2, -0.15) is 0 Å². The molecule has 3 aliphatic rings. The van der Waals surface area contributed by atoms with E-state index in [4.69, 9.17) is 19.4 Å². The van der Waals surface area contributed by atoms with Crippen molar-refractivity contribution >= 4 is 39.0 Å². The van der Waals surface area contributed by atoms with Crippen molar-refractivity contribution < 1.29 is 4.42 Å². The van der Waals surface area contributed by atoms with Gasteiger partial charge in [-0.25, -0.2) is 15.0 Å². The highest BCUT2D eigenvalue weighted by molar-refractivity contribution is 6.06. The Morgan fingerprint density at radius 2 is 1.50 bits per heavy atom. The maximum absolute atomic E-state index is 6.66. The van der Waals surface area contributed by atoms with E-state index >= 15 is 0 Å². The third-order valence-electron chi connectivity index (χ3n) is 11.3. The van der Waals surface area contributed by atoms with Gasteiger partial charge in [0.2, 0.25) is 0 Å². The number of allylic oxidation sites excluding steroid dienone is 9. The van der Waals surface area contributed by atoms with Gasteiger partial charge in [-0.05, 0) is 94.0 Å². The molecule has 1 atom stereocenters. The molecular weight excluding hydrogens is 683 g/mol. The standard InChI is InChI=1S/C52H41N3O/c1-34-12-3-2-4-14-35(19-9-13-34)38-24-28-39(29-25-38)50-53-51(43-31-27-37-16-6-8-18-41(37)33-43)55-52(54-50)45-21-11-23-47-49(45)48-44(20-10-22-46(48)56-47)42-30-26-36-15-5-7-17-40(36)32-42/h3,5-10,12-13,15-22,24-32,43H,1-2,4,11,14,23,33H2/b12-3-,13-9-,35-19+. The van der Waals surface area contributed by atoms with Crippen molar-refractivity contribution in [1.82, 2.24) is 15.0 Å². The van der Waals surface area contributed by atoms with Gasteiger partial charge in [-0.1, -0.05) is 152 Å². The monoisotopic (exact) mass is 723 g/mol. The van der Waals surface area contributed by atoms with E-state index in [0.29, 0.717) is 11.6 Å². The molecule has 0 saturated carbocycles. The van der Waals surface area contributed by atoms with Crippen molar-refractivity contribution in [3.8, 4) is 22.5 Å². The van der Waals surface area contributed by atoms with Crippen molar-refractivity contribution in [3.63, 3.8) is 0 Å². The lowest BCUT2D eigenvalue weighted by Crippen LogP contribution is -2.14. The molecule has 0 radical (unpaired) electrons. The summed E-state index contributed by atoms with van der Waals surface area (Å²) in [6.07, 6.45) is 23.1. The molecule has 0 spiro atoms. The molecule has 0 aliphatic heterocycles. The zero-order valence-corrected chi connectivity index (χ0v) is 31.3. The van der Waals surface area contributed by atoms with Gasteiger partial charge >= 0.3 is 0 Å². The second kappa shape index (κ2) is 14.5. The minimum atomic E-state index is 0.0197. The Bertz CT molecular complexity index is 2830. The van der Waals surface area contributed by atoms with Gasteiger partial charge in [-0.15, -0.1) is 0 Å². The summed E-state index contributed by atoms with van der Waals surface area (Å²) < 4.78 is 6.66. The smallest absolute Gasteiger partial charge is 0.164 e. The van der Waals surface area contributed by atoms with Crippen LogP contribution >= 0.6 is 0 Å². The van der Waals surface area contributed by atoms with Crippen LogP contribution < -0.4 is 0 Å². The zero-order chi connectivity index (χ0) is 37.4. The van der Waals surface area contributed by atoms with Crippen molar-refractivity contribution in [2.45, 2.75) is 44.4 Å². The van der Waals surface area contributed by atoms with E-state index in [1.54, 1.807) is 0 Å². The fraction of sp³-hybridized carbons (Fsp3) is 0.135. The molecule has 7 aromatic rings. The number of furan rings is 1. The van der Waals surface area contributed by atoms with Gasteiger partial charge < -0.3 is 4.42 Å². The van der Waals surface area contributed by atoms with E-state index in [2.05, 4.69) is 164 Å². The van der Waals surface area contributed by atoms with Crippen LogP contribution in [0.3, 0.4) is 0 Å². The Hall–Kier alpha value is -6.65. The number of hydrogen-bond donors (Lipinski definition) is 0. The second-order valence-corrected chi connectivity index (χ2v) is 15.0. The third-order valence-corrected chi connectivity index (χ3v) is 11.3. The minimum absolute atomic E-state index is 0.0197. The van der Waals surface area contributed by atoms with Gasteiger partial charge in [0.15, 0.2) is 11.6 Å². The fourth-order valence-corrected chi connectivity index (χ4v) is 8.45. The Morgan fingerprint density at radius 3 is 2.43 bits per heavy atom. The van der Waals surface area contributed by atoms with Crippen molar-refractivity contribution in [3.05, 3.63) is 204 Å². The molecule has 1 unspecified atom stereocenters. The van der Waals surface area contributed by atoms with Crippen LogP contribution in [0.5, 0.6) is 0 Å². The topological polar surface area (TPSA) is 51.8 Å². The number of rotatable bonds is 5. The molecule has 2 heterocycles. The number of benzene rings is 5. The van der Waals surface area contributed by atoms with Crippen molar-refractivity contribution in [1.29, 1.82) is 0 Å². The average Bonchev–Trinajstić information content (AvgIpc) is 3.65. The van der Waals surface area contributed by atoms with Crippen LogP contribution in [0.25, 0.3) is 61.5 Å². The van der Waals surface area contributed by atoms with Crippen LogP contribution in [-0.4, -0.2) is 15.0 Å². The van der Waals surface area contributed by atoms with Gasteiger partial charge in [0, 0.05) is 34.4 Å². The molecule has 4 nitrogen and oxygen atoms in total. The molecule has 3 aliphatic carbocycles. The van der Waals surface area contributed by atoms with Crippen LogP contribution in [-0.2, 0) is 12.8 Å². The lowest BCUT2D eigenvalue weighted by molar-refractivity contribution is 0.545. The first-order valence-electron chi connectivity index (χ1n) is 19.7. The maximum Gasteiger partial charge on any atom is 0.164 e. The van der Waals surface area contributed by atoms with Crippen LogP contribution in [0.4, 0.5) is 0 Å². The SMILES string of the molecule is C=C1/C=C\C=C(\c2ccc(-c3nc(C4=CCCc5oc6cccc(-c7ccc8ccccc8c7)c6c54)nc(C4C=Cc5ccccc5C4)n3)cc2)CCC/C=C\1. The Kier molecular flexibility index (Phi) is 8.80. The zero-order valence-electron chi connectivity index (χ0n) is 31.3. The lowest BCUT2D eigenvalue weighted by Gasteiger charge is -2.20. The van der Waals surface area contributed by atoms with E-state index in [-0.39, 0.29) is 5.92 Å². The summed E-state index contributed by atoms with van der Waals surface area (Å²) in [4.78, 5) is 15.9. The molecule has 4 heteroatoms. The molecule has 56 heavy (non-hydrogen) atoms. The first kappa shape index (κ1) is 33.9. The Balaban J connectivity index is 1.09. The second-order valence-electron chi connectivity index (χ2n) is 15.0. The number of nitrogens with zero attached hydrogens (tertiary/aromatic N) is 3. The predicted molar refractivity (Wildman–Crippen MR) is 231 cm³/mol. The normalized spacial score (nSPS) is 18.8. The first-order valence-corrected chi connectivity index (χ1v) is 19.7. The first-order chi connectivity index (χ1) is 27.6. The van der Waals surface area contributed by atoms with Crippen LogP contribution in [0, 0.1) is 0 Å². The highest BCUT2D eigenvalue weighted by Crippen LogP contribution is 2.43. The highest BCUT2D eigenvalue weighted by Gasteiger charge is 2.28. The van der Waals surface area contributed by atoms with Crippen molar-refractivity contribution in [2.24, 2.45) is 0 Å². The van der Waals surface area contributed by atoms with Gasteiger partial charge in [0.05, 0.1) is 0 Å². The molecule has 270 valence electrons. The van der Waals surface area contributed by atoms with Crippen LogP contribution in [0.2, 0.25) is 0 Å². The molecule has 0 N–H and O–H groups in total. The summed E-state index contributed by atoms with van der Waals surface area (Å²) in [7, 11) is 0. The minimum Gasteiger partial charge on any atom is -0.460 e. The quantitative estimate of drug-likeness (QED) is 0.177. The predicted octanol–water partition coefficient (Wildman–Crippen LogP) is 13.1. The Labute approximate surface area is 327 Å². The molecule has 0 saturated heterocycles. The summed E-state index contributed by atoms with van der Waals surface area (Å²) in [5.41, 5.74) is 12.4. The van der Waals surface area contributed by atoms with Gasteiger partial charge in [-0.3, -0.25) is 0 Å². The van der Waals surface area contributed by atoms with E-state index < -0.39 is 0 Å². The number of hydrogen-bond acceptors (Lipinski definition) is 4. The number of fused-ring (bicyclic) bond motifs is 5. The molecule has 5 aromatic carbocycles. The molecule has 0 fully saturated rings. The average molecular weight is 724 g/mol. The van der Waals surface area contributed by atoms with Crippen LogP contribution in [0.15, 0.2) is 168 Å². The van der Waals surface area contributed by atoms with E-state index in [9.17, 15) is 0 Å². The molecule has 0 bridgehead atoms. The summed E-state index contributed by atoms with van der Waals surface area (Å²) in [6.45, 7) is 4.14. The van der Waals surface area contributed by atoms with E-state index in [1.807, 2.05) is 0 Å². The summed E-state index contributed by atoms with van der Waals surface area (Å²) in [5.74, 6) is 3.15. The van der Waals surface area contributed by atoms with Crippen molar-refractivity contribution in [2.75, 3.05) is 0 Å². The van der Waals surface area contributed by atoms with Crippen LogP contribution in [0.1, 0.15) is 71.3 Å². The van der Waals surface area contributed by atoms with E-state index in [0.717, 1.165) is 94.5 Å². The van der Waals surface area contributed by atoms with E-state index in [1.165, 1.54) is 33.0 Å². The van der Waals surface area contributed by atoms with Gasteiger partial charge in [0.25, 0.3) is 0 Å². The summed E-state index contributed by atoms with van der Waals surface area (Å²) in [6, 6.07) is 39.0. The summed E-state index contributed by atoms with van der Waals surface area (Å²) >= 11 is 0. The van der Waals surface area contributed by atoms with Gasteiger partial charge in [0.1, 0.15) is 17.2 Å². The molecule has 2 aromatic heterocycles. The molecule has 10 rings (SSSR count). The lowest BCUT2D eigenvalue weighted by atomic mass is 9.88. The largest absolute Gasteiger partial charge is 0.460 e. The summed E-state index contributed by atoms with van der Waals surface area (Å²) in [5, 5.41) is 3.55. The Morgan fingerprint density at radius 1 is 0.679 bits per heavy atom. The fourth-order valence-electron chi connectivity index (χ4n) is 8.45. The molecule has 0 amide bonds. The third kappa shape index (κ3) is 6.47. The highest BCUT2D eigenvalue weighted by atomic mass is 16.3. The maximum atomic E-state index is 6.66. The number of aromatic nitrogens is 3. The number of aryl methyl sites for hydroxylation is 1. The molecular formula is C52H41N3O.